The van der Waals surface area contributed by atoms with Crippen LogP contribution in [0.25, 0.3) is 0 Å². The van der Waals surface area contributed by atoms with Gasteiger partial charge in [0.15, 0.2) is 0 Å². The van der Waals surface area contributed by atoms with Crippen molar-refractivity contribution in [2.75, 3.05) is 37.7 Å². The van der Waals surface area contributed by atoms with Crippen molar-refractivity contribution >= 4 is 23.2 Å². The van der Waals surface area contributed by atoms with Gasteiger partial charge in [-0.15, -0.1) is 0 Å². The first-order valence-electron chi connectivity index (χ1n) is 12.0. The lowest BCUT2D eigenvalue weighted by Crippen LogP contribution is -2.54. The monoisotopic (exact) mass is 509 g/mol. The largest absolute Gasteiger partial charge is 0.491 e. The Morgan fingerprint density at radius 3 is 2.33 bits per heavy atom. The molecule has 4 rings (SSSR count). The van der Waals surface area contributed by atoms with E-state index in [4.69, 9.17) is 27.2 Å². The molecule has 190 valence electrons. The maximum absolute atomic E-state index is 11.4. The zero-order chi connectivity index (χ0) is 25.7. The van der Waals surface area contributed by atoms with Gasteiger partial charge in [-0.25, -0.2) is 0 Å². The van der Waals surface area contributed by atoms with E-state index in [9.17, 15) is 9.90 Å². The van der Waals surface area contributed by atoms with Crippen molar-refractivity contribution in [2.24, 2.45) is 5.73 Å². The van der Waals surface area contributed by atoms with Crippen molar-refractivity contribution in [1.29, 1.82) is 0 Å². The molecule has 0 radical (unpaired) electrons. The Hall–Kier alpha value is -3.10. The van der Waals surface area contributed by atoms with Gasteiger partial charge < -0.3 is 25.6 Å². The standard InChI is InChI=1S/C28H32ClN3O4/c1-19-16-31(18-27(34)21-2-4-22(5-3-21)28(30)35)17-26(20-6-8-23(29)9-7-20)32(19)24-10-12-25(13-11-24)36-15-14-33/h2-13,19,26-27,33-34H,14-18H2,1H3,(H2,30,35)/t19?,26-,27?/m0/s1. The third kappa shape index (κ3) is 6.17. The minimum atomic E-state index is -0.695. The number of carbonyl (C=O) groups is 1. The number of aliphatic hydroxyl groups excluding tert-OH is 2. The highest BCUT2D eigenvalue weighted by Crippen LogP contribution is 2.35. The van der Waals surface area contributed by atoms with Gasteiger partial charge >= 0.3 is 0 Å². The molecule has 1 saturated heterocycles. The molecule has 0 bridgehead atoms. The minimum Gasteiger partial charge on any atom is -0.491 e. The molecule has 1 fully saturated rings. The van der Waals surface area contributed by atoms with Gasteiger partial charge in [-0.1, -0.05) is 35.9 Å². The second-order valence-corrected chi connectivity index (χ2v) is 9.55. The van der Waals surface area contributed by atoms with Crippen LogP contribution in [0.5, 0.6) is 5.75 Å². The van der Waals surface area contributed by atoms with Crippen LogP contribution in [-0.4, -0.2) is 59.9 Å². The third-order valence-electron chi connectivity index (χ3n) is 6.52. The average Bonchev–Trinajstić information content (AvgIpc) is 2.88. The predicted octanol–water partition coefficient (Wildman–Crippen LogP) is 3.80. The maximum Gasteiger partial charge on any atom is 0.248 e. The molecular formula is C28H32ClN3O4. The molecule has 3 atom stereocenters. The van der Waals surface area contributed by atoms with Gasteiger partial charge in [0.05, 0.1) is 18.8 Å². The molecule has 3 aromatic carbocycles. The zero-order valence-electron chi connectivity index (χ0n) is 20.3. The number of halogens is 1. The Bertz CT molecular complexity index is 1140. The van der Waals surface area contributed by atoms with Crippen LogP contribution in [0.1, 0.15) is 40.6 Å². The Labute approximate surface area is 216 Å². The van der Waals surface area contributed by atoms with Crippen LogP contribution in [0.4, 0.5) is 5.69 Å². The second-order valence-electron chi connectivity index (χ2n) is 9.11. The van der Waals surface area contributed by atoms with Gasteiger partial charge in [-0.2, -0.15) is 0 Å². The van der Waals surface area contributed by atoms with Gasteiger partial charge in [-0.3, -0.25) is 9.69 Å². The number of hydrogen-bond donors (Lipinski definition) is 3. The third-order valence-corrected chi connectivity index (χ3v) is 6.78. The summed E-state index contributed by atoms with van der Waals surface area (Å²) in [6.45, 7) is 4.36. The lowest BCUT2D eigenvalue weighted by Gasteiger charge is -2.48. The van der Waals surface area contributed by atoms with Crippen LogP contribution < -0.4 is 15.4 Å². The summed E-state index contributed by atoms with van der Waals surface area (Å²) in [4.78, 5) is 16.0. The fourth-order valence-corrected chi connectivity index (χ4v) is 4.93. The summed E-state index contributed by atoms with van der Waals surface area (Å²) in [6, 6.07) is 22.8. The Kier molecular flexibility index (Phi) is 8.48. The Morgan fingerprint density at radius 2 is 1.72 bits per heavy atom. The van der Waals surface area contributed by atoms with Crippen LogP contribution in [0.15, 0.2) is 72.8 Å². The first kappa shape index (κ1) is 26.0. The van der Waals surface area contributed by atoms with Crippen molar-refractivity contribution in [2.45, 2.75) is 25.1 Å². The van der Waals surface area contributed by atoms with Crippen molar-refractivity contribution in [3.8, 4) is 5.75 Å². The number of carbonyl (C=O) groups excluding carboxylic acids is 1. The summed E-state index contributed by atoms with van der Waals surface area (Å²) in [6.07, 6.45) is -0.695. The van der Waals surface area contributed by atoms with E-state index in [1.165, 1.54) is 0 Å². The van der Waals surface area contributed by atoms with E-state index in [-0.39, 0.29) is 25.3 Å². The van der Waals surface area contributed by atoms with E-state index in [1.807, 2.05) is 48.5 Å². The summed E-state index contributed by atoms with van der Waals surface area (Å²) in [5.41, 5.74) is 8.71. The SMILES string of the molecule is CC1CN(CC(O)c2ccc(C(N)=O)cc2)C[C@@H](c2ccc(Cl)cc2)N1c1ccc(OCCO)cc1. The number of hydrogen-bond acceptors (Lipinski definition) is 6. The number of anilines is 1. The molecule has 36 heavy (non-hydrogen) atoms. The quantitative estimate of drug-likeness (QED) is 0.406. The molecule has 2 unspecified atom stereocenters. The summed E-state index contributed by atoms with van der Waals surface area (Å²) in [5, 5.41) is 20.6. The minimum absolute atomic E-state index is 0.0273. The molecule has 3 aromatic rings. The van der Waals surface area contributed by atoms with Crippen LogP contribution >= 0.6 is 11.6 Å². The van der Waals surface area contributed by atoms with Gasteiger partial charge in [0, 0.05) is 41.9 Å². The highest BCUT2D eigenvalue weighted by molar-refractivity contribution is 6.30. The zero-order valence-corrected chi connectivity index (χ0v) is 21.0. The molecule has 7 nitrogen and oxygen atoms in total. The molecule has 1 amide bonds. The lowest BCUT2D eigenvalue weighted by molar-refractivity contribution is 0.0914. The molecule has 0 aromatic heterocycles. The van der Waals surface area contributed by atoms with Gasteiger partial charge in [0.25, 0.3) is 0 Å². The smallest absolute Gasteiger partial charge is 0.248 e. The summed E-state index contributed by atoms with van der Waals surface area (Å²) >= 11 is 6.17. The summed E-state index contributed by atoms with van der Waals surface area (Å²) < 4.78 is 5.53. The second kappa shape index (κ2) is 11.8. The van der Waals surface area contributed by atoms with Crippen molar-refractivity contribution in [3.63, 3.8) is 0 Å². The number of aliphatic hydroxyl groups is 2. The molecule has 0 spiro atoms. The predicted molar refractivity (Wildman–Crippen MR) is 142 cm³/mol. The number of piperazine rings is 1. The first-order valence-corrected chi connectivity index (χ1v) is 12.4. The fraction of sp³-hybridized carbons (Fsp3) is 0.321. The van der Waals surface area contributed by atoms with E-state index in [2.05, 4.69) is 16.7 Å². The molecule has 1 heterocycles. The van der Waals surface area contributed by atoms with Gasteiger partial charge in [0.2, 0.25) is 5.91 Å². The van der Waals surface area contributed by atoms with E-state index in [0.29, 0.717) is 29.4 Å². The number of benzene rings is 3. The van der Waals surface area contributed by atoms with Gasteiger partial charge in [-0.05, 0) is 66.6 Å². The fourth-order valence-electron chi connectivity index (χ4n) is 4.81. The Morgan fingerprint density at radius 1 is 1.06 bits per heavy atom. The summed E-state index contributed by atoms with van der Waals surface area (Å²) in [5.74, 6) is 0.229. The Balaban J connectivity index is 1.55. The number of β-amino-alcohol motifs (C(OH)–C–C–N with tert-alkyl or cyclic N) is 1. The van der Waals surface area contributed by atoms with Crippen molar-refractivity contribution < 1.29 is 19.7 Å². The van der Waals surface area contributed by atoms with Crippen LogP contribution in [0, 0.1) is 0 Å². The molecule has 0 aliphatic carbocycles. The molecular weight excluding hydrogens is 478 g/mol. The number of ether oxygens (including phenoxy) is 1. The van der Waals surface area contributed by atoms with E-state index in [1.54, 1.807) is 24.3 Å². The van der Waals surface area contributed by atoms with E-state index < -0.39 is 12.0 Å². The topological polar surface area (TPSA) is 99.3 Å². The molecule has 1 aliphatic rings. The van der Waals surface area contributed by atoms with Crippen LogP contribution in [0.2, 0.25) is 5.02 Å². The molecule has 0 saturated carbocycles. The number of rotatable bonds is 9. The maximum atomic E-state index is 11.4. The van der Waals surface area contributed by atoms with Crippen molar-refractivity contribution in [3.05, 3.63) is 94.5 Å². The molecule has 8 heteroatoms. The average molecular weight is 510 g/mol. The highest BCUT2D eigenvalue weighted by Gasteiger charge is 2.34. The molecule has 1 aliphatic heterocycles. The number of primary amides is 1. The lowest BCUT2D eigenvalue weighted by atomic mass is 9.97. The number of amides is 1. The van der Waals surface area contributed by atoms with E-state index >= 15 is 0 Å². The molecule has 4 N–H and O–H groups in total. The van der Waals surface area contributed by atoms with E-state index in [0.717, 1.165) is 23.4 Å². The van der Waals surface area contributed by atoms with Crippen LogP contribution in [0.3, 0.4) is 0 Å². The van der Waals surface area contributed by atoms with Gasteiger partial charge in [0.1, 0.15) is 12.4 Å². The highest BCUT2D eigenvalue weighted by atomic mass is 35.5. The normalized spacial score (nSPS) is 19.2. The number of nitrogens with zero attached hydrogens (tertiary/aromatic N) is 2. The van der Waals surface area contributed by atoms with Crippen LogP contribution in [-0.2, 0) is 0 Å². The first-order chi connectivity index (χ1) is 17.4. The summed E-state index contributed by atoms with van der Waals surface area (Å²) in [7, 11) is 0. The number of nitrogens with two attached hydrogens (primary N) is 1. The van der Waals surface area contributed by atoms with Crippen molar-refractivity contribution in [1.82, 2.24) is 4.90 Å².